The zero-order valence-corrected chi connectivity index (χ0v) is 11.2. The van der Waals surface area contributed by atoms with Gasteiger partial charge < -0.3 is 9.84 Å². The van der Waals surface area contributed by atoms with Gasteiger partial charge >= 0.3 is 22.3 Å². The summed E-state index contributed by atoms with van der Waals surface area (Å²) in [6.07, 6.45) is -1.53. The lowest BCUT2D eigenvalue weighted by Crippen LogP contribution is -2.41. The highest BCUT2D eigenvalue weighted by Crippen LogP contribution is 2.00. The maximum Gasteiger partial charge on any atom is 0.422 e. The lowest BCUT2D eigenvalue weighted by Gasteiger charge is -2.08. The van der Waals surface area contributed by atoms with Gasteiger partial charge in [0.05, 0.1) is 6.42 Å². The van der Waals surface area contributed by atoms with Crippen LogP contribution in [-0.4, -0.2) is 32.1 Å². The van der Waals surface area contributed by atoms with Crippen molar-refractivity contribution in [2.75, 3.05) is 6.54 Å². The zero-order valence-electron chi connectivity index (χ0n) is 10.4. The number of nitrogens with one attached hydrogen (secondary N) is 2. The fraction of sp³-hybridized carbons (Fsp3) is 0.273. The standard InChI is InChI=1S/C11H14N2O6S/c14-10(15)6-7-12-20(17,18)13-11(16)19-8-9-4-2-1-3-5-9/h1-5,12H,6-8H2,(H,13,16)(H,14,15). The third-order valence-electron chi connectivity index (χ3n) is 2.06. The van der Waals surface area contributed by atoms with Gasteiger partial charge in [-0.3, -0.25) is 4.79 Å². The van der Waals surface area contributed by atoms with Gasteiger partial charge in [-0.2, -0.15) is 13.1 Å². The van der Waals surface area contributed by atoms with Crippen molar-refractivity contribution >= 4 is 22.3 Å². The van der Waals surface area contributed by atoms with E-state index in [0.29, 0.717) is 5.56 Å². The second kappa shape index (κ2) is 7.46. The van der Waals surface area contributed by atoms with Gasteiger partial charge in [0.1, 0.15) is 6.61 Å². The maximum absolute atomic E-state index is 11.3. The fourth-order valence-corrected chi connectivity index (χ4v) is 1.91. The molecule has 0 saturated carbocycles. The normalized spacial score (nSPS) is 10.8. The molecule has 1 amide bonds. The second-order valence-electron chi connectivity index (χ2n) is 3.71. The SMILES string of the molecule is O=C(O)CCNS(=O)(=O)NC(=O)OCc1ccccc1. The number of amides is 1. The van der Waals surface area contributed by atoms with Gasteiger partial charge in [0, 0.05) is 6.54 Å². The predicted octanol–water partition coefficient (Wildman–Crippen LogP) is 0.222. The molecular weight excluding hydrogens is 288 g/mol. The molecule has 3 N–H and O–H groups in total. The number of carbonyl (C=O) groups is 2. The summed E-state index contributed by atoms with van der Waals surface area (Å²) < 4.78 is 30.8. The largest absolute Gasteiger partial charge is 0.481 e. The first-order chi connectivity index (χ1) is 9.39. The number of carboxylic acids is 1. The van der Waals surface area contributed by atoms with Crippen molar-refractivity contribution in [1.82, 2.24) is 9.44 Å². The monoisotopic (exact) mass is 302 g/mol. The predicted molar refractivity (Wildman–Crippen MR) is 68.9 cm³/mol. The molecular formula is C11H14N2O6S. The molecule has 20 heavy (non-hydrogen) atoms. The Kier molecular flexibility index (Phi) is 5.94. The van der Waals surface area contributed by atoms with Crippen LogP contribution in [0.15, 0.2) is 30.3 Å². The minimum atomic E-state index is -4.12. The highest BCUT2D eigenvalue weighted by molar-refractivity contribution is 7.88. The van der Waals surface area contributed by atoms with E-state index < -0.39 is 22.3 Å². The molecule has 0 unspecified atom stereocenters. The Labute approximate surface area is 115 Å². The van der Waals surface area contributed by atoms with Crippen LogP contribution in [0.25, 0.3) is 0 Å². The summed E-state index contributed by atoms with van der Waals surface area (Å²) in [6.45, 7) is -0.395. The molecule has 0 heterocycles. The molecule has 1 aromatic carbocycles. The van der Waals surface area contributed by atoms with Crippen LogP contribution in [0.3, 0.4) is 0 Å². The Balaban J connectivity index is 2.35. The lowest BCUT2D eigenvalue weighted by atomic mass is 10.2. The first kappa shape index (κ1) is 15.9. The van der Waals surface area contributed by atoms with Crippen LogP contribution in [0, 0.1) is 0 Å². The molecule has 0 aliphatic rings. The van der Waals surface area contributed by atoms with E-state index in [-0.39, 0.29) is 19.6 Å². The fourth-order valence-electron chi connectivity index (χ4n) is 1.19. The van der Waals surface area contributed by atoms with Gasteiger partial charge in [-0.15, -0.1) is 0 Å². The Morgan fingerprint density at radius 1 is 1.20 bits per heavy atom. The Morgan fingerprint density at radius 2 is 1.85 bits per heavy atom. The van der Waals surface area contributed by atoms with Gasteiger partial charge in [-0.25, -0.2) is 9.52 Å². The van der Waals surface area contributed by atoms with E-state index >= 15 is 0 Å². The van der Waals surface area contributed by atoms with Crippen molar-refractivity contribution in [3.8, 4) is 0 Å². The van der Waals surface area contributed by atoms with E-state index in [4.69, 9.17) is 9.84 Å². The van der Waals surface area contributed by atoms with Crippen LogP contribution in [-0.2, 0) is 26.3 Å². The summed E-state index contributed by atoms with van der Waals surface area (Å²) in [5.41, 5.74) is 0.707. The van der Waals surface area contributed by atoms with E-state index in [1.54, 1.807) is 35.1 Å². The van der Waals surface area contributed by atoms with Crippen molar-refractivity contribution in [2.24, 2.45) is 0 Å². The van der Waals surface area contributed by atoms with Crippen LogP contribution >= 0.6 is 0 Å². The molecule has 8 nitrogen and oxygen atoms in total. The van der Waals surface area contributed by atoms with Crippen LogP contribution in [0.2, 0.25) is 0 Å². The smallest absolute Gasteiger partial charge is 0.422 e. The number of rotatable bonds is 7. The molecule has 110 valence electrons. The van der Waals surface area contributed by atoms with Gasteiger partial charge in [-0.1, -0.05) is 30.3 Å². The summed E-state index contributed by atoms with van der Waals surface area (Å²) in [6, 6.07) is 8.72. The molecule has 0 aliphatic heterocycles. The second-order valence-corrected chi connectivity index (χ2v) is 5.20. The zero-order chi connectivity index (χ0) is 15.0. The van der Waals surface area contributed by atoms with Crippen molar-refractivity contribution in [3.63, 3.8) is 0 Å². The molecule has 0 aliphatic carbocycles. The molecule has 0 fully saturated rings. The number of aliphatic carboxylic acids is 1. The molecule has 0 spiro atoms. The van der Waals surface area contributed by atoms with Gasteiger partial charge in [0.25, 0.3) is 0 Å². The van der Waals surface area contributed by atoms with E-state index in [9.17, 15) is 18.0 Å². The molecule has 9 heteroatoms. The molecule has 1 rings (SSSR count). The van der Waals surface area contributed by atoms with E-state index in [0.717, 1.165) is 0 Å². The lowest BCUT2D eigenvalue weighted by molar-refractivity contribution is -0.136. The third kappa shape index (κ3) is 6.71. The summed E-state index contributed by atoms with van der Waals surface area (Å²) in [5.74, 6) is -1.15. The van der Waals surface area contributed by atoms with Crippen LogP contribution in [0.1, 0.15) is 12.0 Å². The average Bonchev–Trinajstić information content (AvgIpc) is 2.36. The minimum Gasteiger partial charge on any atom is -0.481 e. The maximum atomic E-state index is 11.3. The number of hydrogen-bond donors (Lipinski definition) is 3. The number of benzene rings is 1. The first-order valence-electron chi connectivity index (χ1n) is 5.59. The number of carbonyl (C=O) groups excluding carboxylic acids is 1. The highest BCUT2D eigenvalue weighted by Gasteiger charge is 2.15. The van der Waals surface area contributed by atoms with Gasteiger partial charge in [-0.05, 0) is 5.56 Å². The van der Waals surface area contributed by atoms with Crippen LogP contribution in [0.5, 0.6) is 0 Å². The van der Waals surface area contributed by atoms with Gasteiger partial charge in [0.2, 0.25) is 0 Å². The molecule has 1 aromatic rings. The molecule has 0 aromatic heterocycles. The summed E-state index contributed by atoms with van der Waals surface area (Å²) in [7, 11) is -4.12. The summed E-state index contributed by atoms with van der Waals surface area (Å²) in [4.78, 5) is 21.5. The molecule has 0 bridgehead atoms. The summed E-state index contributed by atoms with van der Waals surface area (Å²) >= 11 is 0. The third-order valence-corrected chi connectivity index (χ3v) is 3.08. The van der Waals surface area contributed by atoms with Crippen molar-refractivity contribution in [3.05, 3.63) is 35.9 Å². The van der Waals surface area contributed by atoms with Crippen molar-refractivity contribution in [2.45, 2.75) is 13.0 Å². The topological polar surface area (TPSA) is 122 Å². The molecule has 0 saturated heterocycles. The Hall–Kier alpha value is -2.13. The highest BCUT2D eigenvalue weighted by atomic mass is 32.2. The van der Waals surface area contributed by atoms with Crippen LogP contribution < -0.4 is 9.44 Å². The Morgan fingerprint density at radius 3 is 2.45 bits per heavy atom. The number of hydrogen-bond acceptors (Lipinski definition) is 5. The van der Waals surface area contributed by atoms with Gasteiger partial charge in [0.15, 0.2) is 0 Å². The first-order valence-corrected chi connectivity index (χ1v) is 7.07. The number of carboxylic acid groups (broad SMARTS) is 1. The van der Waals surface area contributed by atoms with Crippen molar-refractivity contribution in [1.29, 1.82) is 0 Å². The van der Waals surface area contributed by atoms with E-state index in [2.05, 4.69) is 0 Å². The molecule has 0 radical (unpaired) electrons. The average molecular weight is 302 g/mol. The van der Waals surface area contributed by atoms with E-state index in [1.807, 2.05) is 4.72 Å². The van der Waals surface area contributed by atoms with E-state index in [1.165, 1.54) is 0 Å². The quantitative estimate of drug-likeness (QED) is 0.662. The molecule has 0 atom stereocenters. The number of ether oxygens (including phenoxy) is 1. The minimum absolute atomic E-state index is 0.0721. The summed E-state index contributed by atoms with van der Waals surface area (Å²) in [5, 5.41) is 8.36. The Bertz CT molecular complexity index is 558. The van der Waals surface area contributed by atoms with Crippen LogP contribution in [0.4, 0.5) is 4.79 Å². The van der Waals surface area contributed by atoms with Crippen molar-refractivity contribution < 1.29 is 27.9 Å².